The molecule has 4 aromatic rings. The highest BCUT2D eigenvalue weighted by molar-refractivity contribution is 7.16. The van der Waals surface area contributed by atoms with Gasteiger partial charge in [0.05, 0.1) is 32.3 Å². The largest absolute Gasteiger partial charge is 0.309 e. The number of aromatic nitrogens is 3. The Morgan fingerprint density at radius 3 is 1.85 bits per heavy atom. The minimum absolute atomic E-state index is 0.148. The van der Waals surface area contributed by atoms with Crippen LogP contribution in [0, 0.1) is 13.8 Å². The zero-order chi connectivity index (χ0) is 23.9. The Morgan fingerprint density at radius 2 is 1.24 bits per heavy atom. The number of aryl methyl sites for hydroxylation is 3. The molecule has 0 atom stereocenters. The van der Waals surface area contributed by atoms with E-state index in [-0.39, 0.29) is 11.8 Å². The van der Waals surface area contributed by atoms with Crippen molar-refractivity contribution in [3.63, 3.8) is 0 Å². The van der Waals surface area contributed by atoms with Crippen molar-refractivity contribution in [1.82, 2.24) is 24.8 Å². The van der Waals surface area contributed by atoms with E-state index in [9.17, 15) is 9.59 Å². The number of thiophene rings is 2. The van der Waals surface area contributed by atoms with Gasteiger partial charge in [-0.05, 0) is 43.7 Å². The lowest BCUT2D eigenvalue weighted by Crippen LogP contribution is -2.24. The van der Waals surface area contributed by atoms with Crippen LogP contribution in [0.2, 0.25) is 0 Å². The molecule has 0 N–H and O–H groups in total. The highest BCUT2D eigenvalue weighted by Crippen LogP contribution is 2.48. The summed E-state index contributed by atoms with van der Waals surface area (Å²) >= 11 is 3.14. The van der Waals surface area contributed by atoms with Gasteiger partial charge in [0, 0.05) is 36.5 Å². The number of hydrogen-bond acceptors (Lipinski definition) is 6. The van der Waals surface area contributed by atoms with E-state index in [0.29, 0.717) is 22.5 Å². The number of rotatable bonds is 3. The van der Waals surface area contributed by atoms with Crippen LogP contribution in [0.3, 0.4) is 0 Å². The van der Waals surface area contributed by atoms with Gasteiger partial charge in [-0.1, -0.05) is 12.1 Å². The molecule has 9 heteroatoms. The second kappa shape index (κ2) is 7.22. The molecule has 0 fully saturated rings. The number of hydrogen-bond donors (Lipinski definition) is 0. The summed E-state index contributed by atoms with van der Waals surface area (Å²) in [6.07, 6.45) is 0. The van der Waals surface area contributed by atoms with Gasteiger partial charge >= 0.3 is 0 Å². The fourth-order valence-electron chi connectivity index (χ4n) is 4.69. The average molecular weight is 488 g/mol. The number of fused-ring (bicyclic) bond motifs is 2. The second-order valence-corrected chi connectivity index (χ2v) is 10.9. The van der Waals surface area contributed by atoms with Crippen molar-refractivity contribution in [2.75, 3.05) is 14.1 Å². The molecular formula is C25H21N5O2S2. The highest BCUT2D eigenvalue weighted by Gasteiger charge is 2.47. The van der Waals surface area contributed by atoms with Crippen LogP contribution >= 0.6 is 22.7 Å². The van der Waals surface area contributed by atoms with Crippen LogP contribution in [0.1, 0.15) is 20.2 Å². The third-order valence-electron chi connectivity index (χ3n) is 6.35. The average Bonchev–Trinajstić information content (AvgIpc) is 3.60. The van der Waals surface area contributed by atoms with Crippen molar-refractivity contribution < 1.29 is 9.59 Å². The summed E-state index contributed by atoms with van der Waals surface area (Å²) < 4.78 is 0. The van der Waals surface area contributed by atoms with Crippen LogP contribution in [-0.2, 0) is 16.6 Å². The zero-order valence-electron chi connectivity index (χ0n) is 19.3. The van der Waals surface area contributed by atoms with E-state index in [1.165, 1.54) is 0 Å². The Hall–Kier alpha value is -3.56. The van der Waals surface area contributed by atoms with Gasteiger partial charge in [-0.25, -0.2) is 0 Å². The van der Waals surface area contributed by atoms with Gasteiger partial charge < -0.3 is 9.80 Å². The number of nitrogens with zero attached hydrogens (tertiary/aromatic N) is 5. The molecule has 0 saturated carbocycles. The lowest BCUT2D eigenvalue weighted by atomic mass is 10.1. The Balaban J connectivity index is 1.52. The fraction of sp³-hybridized carbons (Fsp3) is 0.200. The third-order valence-corrected chi connectivity index (χ3v) is 8.49. The Morgan fingerprint density at radius 1 is 0.676 bits per heavy atom. The summed E-state index contributed by atoms with van der Waals surface area (Å²) in [5.41, 5.74) is 6.12. The molecule has 6 rings (SSSR count). The van der Waals surface area contributed by atoms with E-state index < -0.39 is 0 Å². The molecule has 5 heterocycles. The summed E-state index contributed by atoms with van der Waals surface area (Å²) in [4.78, 5) is 35.5. The summed E-state index contributed by atoms with van der Waals surface area (Å²) in [6, 6.07) is 12.1. The van der Waals surface area contributed by atoms with Gasteiger partial charge in [0.15, 0.2) is 0 Å². The maximum absolute atomic E-state index is 13.4. The summed E-state index contributed by atoms with van der Waals surface area (Å²) in [6.45, 7) is 4.04. The lowest BCUT2D eigenvalue weighted by Gasteiger charge is -2.18. The first kappa shape index (κ1) is 21.0. The first-order chi connectivity index (χ1) is 16.3. The lowest BCUT2D eigenvalue weighted by molar-refractivity contribution is -0.123. The van der Waals surface area contributed by atoms with Gasteiger partial charge in [-0.15, -0.1) is 22.7 Å². The van der Waals surface area contributed by atoms with Crippen LogP contribution in [0.15, 0.2) is 47.5 Å². The molecule has 170 valence electrons. The smallest absolute Gasteiger partial charge is 0.261 e. The zero-order valence-corrected chi connectivity index (χ0v) is 21.0. The van der Waals surface area contributed by atoms with Gasteiger partial charge in [0.1, 0.15) is 11.0 Å². The second-order valence-electron chi connectivity index (χ2n) is 8.57. The number of carbonyl (C=O) groups is 2. The first-order valence-corrected chi connectivity index (χ1v) is 12.4. The maximum Gasteiger partial charge on any atom is 0.261 e. The molecule has 0 radical (unpaired) electrons. The Labute approximate surface area is 204 Å². The molecule has 2 aliphatic rings. The van der Waals surface area contributed by atoms with Crippen molar-refractivity contribution in [3.05, 3.63) is 67.7 Å². The minimum Gasteiger partial charge on any atom is -0.309 e. The quantitative estimate of drug-likeness (QED) is 0.428. The molecule has 0 bridgehead atoms. The minimum atomic E-state index is -0.148. The third kappa shape index (κ3) is 2.80. The molecule has 2 amide bonds. The van der Waals surface area contributed by atoms with Crippen LogP contribution in [0.5, 0.6) is 0 Å². The van der Waals surface area contributed by atoms with Crippen LogP contribution in [-0.4, -0.2) is 50.7 Å². The monoisotopic (exact) mass is 487 g/mol. The molecule has 0 aliphatic carbocycles. The number of amides is 2. The predicted molar refractivity (Wildman–Crippen MR) is 135 cm³/mol. The first-order valence-electron chi connectivity index (χ1n) is 10.8. The van der Waals surface area contributed by atoms with Gasteiger partial charge in [-0.2, -0.15) is 15.0 Å². The Kier molecular flexibility index (Phi) is 4.46. The molecular weight excluding hydrogens is 466 g/mol. The number of carbonyl (C=O) groups excluding carboxylic acids is 2. The van der Waals surface area contributed by atoms with E-state index in [0.717, 1.165) is 41.7 Å². The standard InChI is InChI=1S/C25H21N5O2S2/c1-12-6-8-14(21-20(12)26-30(5)27-21)15-10-11-17(34-15)23-19-18(24(31)29(23)4)22(28(3)25(19)32)16-9-7-13(2)33-16/h6-11H,1-5H3. The molecule has 0 spiro atoms. The van der Waals surface area contributed by atoms with E-state index in [4.69, 9.17) is 0 Å². The van der Waals surface area contributed by atoms with Crippen molar-refractivity contribution >= 4 is 56.9 Å². The van der Waals surface area contributed by atoms with Crippen LogP contribution in [0.4, 0.5) is 0 Å². The fourth-order valence-corrected chi connectivity index (χ4v) is 6.77. The van der Waals surface area contributed by atoms with Crippen molar-refractivity contribution in [2.45, 2.75) is 13.8 Å². The number of benzene rings is 1. The summed E-state index contributed by atoms with van der Waals surface area (Å²) in [7, 11) is 5.30. The molecule has 0 saturated heterocycles. The molecule has 3 aromatic heterocycles. The predicted octanol–water partition coefficient (Wildman–Crippen LogP) is 4.44. The van der Waals surface area contributed by atoms with E-state index in [1.807, 2.05) is 51.2 Å². The van der Waals surface area contributed by atoms with Crippen molar-refractivity contribution in [2.24, 2.45) is 7.05 Å². The van der Waals surface area contributed by atoms with E-state index in [1.54, 1.807) is 51.4 Å². The Bertz CT molecular complexity index is 1620. The van der Waals surface area contributed by atoms with Gasteiger partial charge in [0.25, 0.3) is 11.8 Å². The normalized spacial score (nSPS) is 16.1. The SMILES string of the molecule is Cc1ccc(C2=C3C(=O)N(C)C(c4ccc(-c5ccc(C)c6nn(C)nc56)s4)=C3C(=O)N2C)s1. The van der Waals surface area contributed by atoms with E-state index in [2.05, 4.69) is 16.3 Å². The van der Waals surface area contributed by atoms with Gasteiger partial charge in [0.2, 0.25) is 0 Å². The molecule has 1 aromatic carbocycles. The number of likely N-dealkylation sites (N-methyl/N-ethyl adjacent to an activating group) is 2. The maximum atomic E-state index is 13.4. The highest BCUT2D eigenvalue weighted by atomic mass is 32.1. The summed E-state index contributed by atoms with van der Waals surface area (Å²) in [5, 5.41) is 9.07. The van der Waals surface area contributed by atoms with Crippen molar-refractivity contribution in [3.8, 4) is 10.4 Å². The van der Waals surface area contributed by atoms with Crippen LogP contribution in [0.25, 0.3) is 32.9 Å². The van der Waals surface area contributed by atoms with Crippen molar-refractivity contribution in [1.29, 1.82) is 0 Å². The topological polar surface area (TPSA) is 71.3 Å². The molecule has 34 heavy (non-hydrogen) atoms. The molecule has 0 unspecified atom stereocenters. The van der Waals surface area contributed by atoms with E-state index >= 15 is 0 Å². The van der Waals surface area contributed by atoms with Gasteiger partial charge in [-0.3, -0.25) is 9.59 Å². The summed E-state index contributed by atoms with van der Waals surface area (Å²) in [5.74, 6) is -0.296. The van der Waals surface area contributed by atoms with Crippen LogP contribution < -0.4 is 0 Å². The molecule has 7 nitrogen and oxygen atoms in total. The molecule has 2 aliphatic heterocycles.